The number of carbonyl (C=O) groups excluding carboxylic acids is 1. The highest BCUT2D eigenvalue weighted by molar-refractivity contribution is 7.89. The van der Waals surface area contributed by atoms with Gasteiger partial charge in [-0.2, -0.15) is 0 Å². The Morgan fingerprint density at radius 1 is 1.05 bits per heavy atom. The first kappa shape index (κ1) is 14.3. The van der Waals surface area contributed by atoms with Crippen molar-refractivity contribution < 1.29 is 13.2 Å². The van der Waals surface area contributed by atoms with Crippen LogP contribution >= 0.6 is 0 Å². The summed E-state index contributed by atoms with van der Waals surface area (Å²) >= 11 is 0. The monoisotopic (exact) mass is 289 g/mol. The topological polar surface area (TPSA) is 54.5 Å². The quantitative estimate of drug-likeness (QED) is 0.804. The summed E-state index contributed by atoms with van der Waals surface area (Å²) < 4.78 is 26.2. The van der Waals surface area contributed by atoms with Gasteiger partial charge in [0.15, 0.2) is 6.29 Å². The Hall–Kier alpha value is -2.14. The summed E-state index contributed by atoms with van der Waals surface area (Å²) in [6.45, 7) is 3.71. The minimum atomic E-state index is -3.77. The Morgan fingerprint density at radius 2 is 1.70 bits per heavy atom. The smallest absolute Gasteiger partial charge is 0.268 e. The van der Waals surface area contributed by atoms with Gasteiger partial charge in [-0.15, -0.1) is 0 Å². The second-order valence-corrected chi connectivity index (χ2v) is 6.36. The highest BCUT2D eigenvalue weighted by atomic mass is 32.2. The van der Waals surface area contributed by atoms with Crippen molar-refractivity contribution >= 4 is 16.3 Å². The molecule has 0 spiro atoms. The Balaban J connectivity index is 2.51. The predicted octanol–water partition coefficient (Wildman–Crippen LogP) is 2.54. The molecule has 2 rings (SSSR count). The summed E-state index contributed by atoms with van der Waals surface area (Å²) in [5.74, 6) is 0. The van der Waals surface area contributed by atoms with E-state index < -0.39 is 10.0 Å². The fourth-order valence-corrected chi connectivity index (χ4v) is 3.06. The van der Waals surface area contributed by atoms with Crippen molar-refractivity contribution in [1.82, 2.24) is 4.31 Å². The molecule has 0 radical (unpaired) electrons. The van der Waals surface area contributed by atoms with Crippen molar-refractivity contribution in [3.63, 3.8) is 0 Å². The van der Waals surface area contributed by atoms with Crippen LogP contribution in [0.25, 0.3) is 0 Å². The first-order valence-electron chi connectivity index (χ1n) is 6.08. The van der Waals surface area contributed by atoms with Crippen molar-refractivity contribution in [2.75, 3.05) is 0 Å². The zero-order valence-electron chi connectivity index (χ0n) is 11.3. The maximum atomic E-state index is 12.6. The van der Waals surface area contributed by atoms with Crippen LogP contribution in [-0.4, -0.2) is 19.0 Å². The fourth-order valence-electron chi connectivity index (χ4n) is 1.75. The molecular weight excluding hydrogens is 274 g/mol. The third kappa shape index (κ3) is 2.72. The Morgan fingerprint density at radius 3 is 2.30 bits per heavy atom. The number of nitrogens with zero attached hydrogens (tertiary/aromatic N) is 1. The Kier molecular flexibility index (Phi) is 3.90. The van der Waals surface area contributed by atoms with Crippen LogP contribution in [0.15, 0.2) is 64.9 Å². The Labute approximate surface area is 118 Å². The molecule has 1 heterocycles. The molecule has 1 aromatic carbocycles. The summed E-state index contributed by atoms with van der Waals surface area (Å²) in [5.41, 5.74) is 1.92. The van der Waals surface area contributed by atoms with E-state index in [1.165, 1.54) is 24.4 Å². The predicted molar refractivity (Wildman–Crippen MR) is 77.2 cm³/mol. The fraction of sp³-hybridized carbons (Fsp3) is 0.133. The lowest BCUT2D eigenvalue weighted by Crippen LogP contribution is -2.26. The van der Waals surface area contributed by atoms with Crippen LogP contribution in [-0.2, 0) is 14.8 Å². The molecule has 0 fully saturated rings. The van der Waals surface area contributed by atoms with Gasteiger partial charge in [-0.25, -0.2) is 12.7 Å². The third-order valence-electron chi connectivity index (χ3n) is 2.94. The number of aldehydes is 1. The van der Waals surface area contributed by atoms with E-state index in [-0.39, 0.29) is 10.6 Å². The molecule has 5 heteroatoms. The van der Waals surface area contributed by atoms with E-state index in [1.54, 1.807) is 24.3 Å². The van der Waals surface area contributed by atoms with Gasteiger partial charge >= 0.3 is 0 Å². The molecule has 0 saturated heterocycles. The van der Waals surface area contributed by atoms with E-state index in [1.807, 2.05) is 13.8 Å². The average Bonchev–Trinajstić information content (AvgIpc) is 2.61. The zero-order chi connectivity index (χ0) is 14.8. The van der Waals surface area contributed by atoms with Gasteiger partial charge in [0.2, 0.25) is 0 Å². The molecule has 0 saturated carbocycles. The van der Waals surface area contributed by atoms with Gasteiger partial charge < -0.3 is 0 Å². The zero-order valence-corrected chi connectivity index (χ0v) is 12.1. The van der Waals surface area contributed by atoms with E-state index in [0.717, 1.165) is 15.4 Å². The molecule has 1 aliphatic rings. The summed E-state index contributed by atoms with van der Waals surface area (Å²) in [7, 11) is -3.77. The lowest BCUT2D eigenvalue weighted by Gasteiger charge is -2.19. The number of sulfonamides is 1. The van der Waals surface area contributed by atoms with Crippen LogP contribution in [0.3, 0.4) is 0 Å². The SMILES string of the molecule is CC1=CC=C(C=O)N(S(=O)(=O)c2ccc(C)cc2)C=C1. The van der Waals surface area contributed by atoms with Crippen molar-refractivity contribution in [2.45, 2.75) is 18.7 Å². The maximum absolute atomic E-state index is 12.6. The van der Waals surface area contributed by atoms with Crippen molar-refractivity contribution in [3.8, 4) is 0 Å². The van der Waals surface area contributed by atoms with Crippen LogP contribution in [0.5, 0.6) is 0 Å². The summed E-state index contributed by atoms with van der Waals surface area (Å²) in [4.78, 5) is 11.3. The van der Waals surface area contributed by atoms with Crippen LogP contribution < -0.4 is 0 Å². The molecular formula is C15H15NO3S. The van der Waals surface area contributed by atoms with Crippen LogP contribution in [0.4, 0.5) is 0 Å². The van der Waals surface area contributed by atoms with Gasteiger partial charge in [-0.05, 0) is 43.7 Å². The third-order valence-corrected chi connectivity index (χ3v) is 4.66. The van der Waals surface area contributed by atoms with Gasteiger partial charge in [-0.1, -0.05) is 23.8 Å². The second-order valence-electron chi connectivity index (χ2n) is 4.55. The van der Waals surface area contributed by atoms with E-state index in [4.69, 9.17) is 0 Å². The van der Waals surface area contributed by atoms with Crippen LogP contribution in [0.2, 0.25) is 0 Å². The number of benzene rings is 1. The van der Waals surface area contributed by atoms with E-state index in [0.29, 0.717) is 6.29 Å². The van der Waals surface area contributed by atoms with E-state index >= 15 is 0 Å². The summed E-state index contributed by atoms with van der Waals surface area (Å²) in [6, 6.07) is 6.52. The van der Waals surface area contributed by atoms with Gasteiger partial charge in [0.25, 0.3) is 10.0 Å². The van der Waals surface area contributed by atoms with Crippen LogP contribution in [0.1, 0.15) is 12.5 Å². The molecule has 104 valence electrons. The number of carbonyl (C=O) groups is 1. The molecule has 0 amide bonds. The van der Waals surface area contributed by atoms with Gasteiger partial charge in [-0.3, -0.25) is 4.79 Å². The molecule has 20 heavy (non-hydrogen) atoms. The van der Waals surface area contributed by atoms with Gasteiger partial charge in [0.1, 0.15) is 0 Å². The molecule has 0 unspecified atom stereocenters. The molecule has 0 aliphatic carbocycles. The average molecular weight is 289 g/mol. The molecule has 0 bridgehead atoms. The number of hydrogen-bond donors (Lipinski definition) is 0. The minimum Gasteiger partial charge on any atom is -0.296 e. The normalized spacial score (nSPS) is 15.4. The summed E-state index contributed by atoms with van der Waals surface area (Å²) in [5, 5.41) is 0. The van der Waals surface area contributed by atoms with Crippen molar-refractivity contribution in [2.24, 2.45) is 0 Å². The number of allylic oxidation sites excluding steroid dienone is 5. The molecule has 1 aromatic rings. The number of hydrogen-bond acceptors (Lipinski definition) is 3. The van der Waals surface area contributed by atoms with E-state index in [9.17, 15) is 13.2 Å². The molecule has 0 atom stereocenters. The first-order valence-corrected chi connectivity index (χ1v) is 7.52. The highest BCUT2D eigenvalue weighted by Gasteiger charge is 2.25. The van der Waals surface area contributed by atoms with E-state index in [2.05, 4.69) is 0 Å². The lowest BCUT2D eigenvalue weighted by molar-refractivity contribution is -0.105. The van der Waals surface area contributed by atoms with Gasteiger partial charge in [0, 0.05) is 6.20 Å². The van der Waals surface area contributed by atoms with Crippen LogP contribution in [0, 0.1) is 6.92 Å². The minimum absolute atomic E-state index is 0.0821. The van der Waals surface area contributed by atoms with Gasteiger partial charge in [0.05, 0.1) is 10.6 Å². The molecule has 4 nitrogen and oxygen atoms in total. The summed E-state index contributed by atoms with van der Waals surface area (Å²) in [6.07, 6.45) is 6.77. The number of rotatable bonds is 3. The van der Waals surface area contributed by atoms with Crippen molar-refractivity contribution in [3.05, 3.63) is 65.5 Å². The molecule has 0 aromatic heterocycles. The Bertz CT molecular complexity index is 710. The first-order chi connectivity index (χ1) is 9.45. The second kappa shape index (κ2) is 5.46. The number of aryl methyl sites for hydroxylation is 1. The standard InChI is InChI=1S/C15H15NO3S/c1-12-4-7-15(8-5-12)20(18,19)16-10-9-13(2)3-6-14(16)11-17/h3-11H,1-2H3. The van der Waals surface area contributed by atoms with Crippen molar-refractivity contribution in [1.29, 1.82) is 0 Å². The molecule has 1 aliphatic heterocycles. The lowest BCUT2D eigenvalue weighted by atomic mass is 10.2. The molecule has 0 N–H and O–H groups in total. The highest BCUT2D eigenvalue weighted by Crippen LogP contribution is 2.22. The largest absolute Gasteiger partial charge is 0.296 e. The maximum Gasteiger partial charge on any atom is 0.268 e.